The molecule has 0 fully saturated rings. The van der Waals surface area contributed by atoms with Crippen LogP contribution in [0.15, 0.2) is 12.3 Å². The predicted molar refractivity (Wildman–Crippen MR) is 60.6 cm³/mol. The van der Waals surface area contributed by atoms with Gasteiger partial charge in [-0.2, -0.15) is 0 Å². The van der Waals surface area contributed by atoms with Crippen molar-refractivity contribution < 1.29 is 4.79 Å². The summed E-state index contributed by atoms with van der Waals surface area (Å²) in [7, 11) is 0. The van der Waals surface area contributed by atoms with E-state index < -0.39 is 0 Å². The molecule has 0 unspecified atom stereocenters. The van der Waals surface area contributed by atoms with Gasteiger partial charge in [-0.25, -0.2) is 4.98 Å². The van der Waals surface area contributed by atoms with Gasteiger partial charge in [-0.05, 0) is 41.1 Å². The first kappa shape index (κ1) is 10.4. The largest absolute Gasteiger partial charge is 0.311 e. The van der Waals surface area contributed by atoms with Gasteiger partial charge in [0.25, 0.3) is 0 Å². The first-order valence-corrected chi connectivity index (χ1v) is 5.13. The maximum atomic E-state index is 11.0. The number of anilines is 1. The predicted octanol–water partition coefficient (Wildman–Crippen LogP) is 2.34. The highest BCUT2D eigenvalue weighted by atomic mass is 127. The number of aryl methyl sites for hydroxylation is 1. The van der Waals surface area contributed by atoms with Crippen LogP contribution in [0.5, 0.6) is 0 Å². The van der Waals surface area contributed by atoms with Crippen molar-refractivity contribution in [3.63, 3.8) is 0 Å². The molecule has 1 aromatic rings. The molecular formula is C9H11IN2O. The minimum atomic E-state index is -0.00727. The van der Waals surface area contributed by atoms with E-state index in [9.17, 15) is 4.79 Å². The zero-order valence-corrected chi connectivity index (χ0v) is 9.75. The molecule has 0 bridgehead atoms. The lowest BCUT2D eigenvalue weighted by Gasteiger charge is -2.03. The summed E-state index contributed by atoms with van der Waals surface area (Å²) in [5, 5.41) is 2.70. The zero-order valence-electron chi connectivity index (χ0n) is 7.60. The van der Waals surface area contributed by atoms with Gasteiger partial charge in [-0.3, -0.25) is 4.79 Å². The molecule has 3 nitrogen and oxygen atoms in total. The van der Waals surface area contributed by atoms with Crippen LogP contribution >= 0.6 is 22.6 Å². The number of carbonyl (C=O) groups excluding carboxylic acids is 1. The molecule has 1 aromatic heterocycles. The van der Waals surface area contributed by atoms with Crippen molar-refractivity contribution in [2.45, 2.75) is 20.3 Å². The lowest BCUT2D eigenvalue weighted by atomic mass is 10.3. The van der Waals surface area contributed by atoms with Gasteiger partial charge in [0.2, 0.25) is 5.91 Å². The van der Waals surface area contributed by atoms with Crippen LogP contribution < -0.4 is 5.32 Å². The summed E-state index contributed by atoms with van der Waals surface area (Å²) < 4.78 is 1.11. The third kappa shape index (κ3) is 2.95. The fourth-order valence-electron chi connectivity index (χ4n) is 0.799. The number of hydrogen-bond donors (Lipinski definition) is 1. The SMILES string of the molecule is CCC(=O)Nc1cc(I)c(C)cn1. The second-order valence-electron chi connectivity index (χ2n) is 2.72. The number of rotatable bonds is 2. The van der Waals surface area contributed by atoms with E-state index in [0.29, 0.717) is 12.2 Å². The van der Waals surface area contributed by atoms with Gasteiger partial charge in [-0.1, -0.05) is 6.92 Å². The second kappa shape index (κ2) is 4.55. The van der Waals surface area contributed by atoms with E-state index in [2.05, 4.69) is 32.9 Å². The van der Waals surface area contributed by atoms with Gasteiger partial charge in [0.1, 0.15) is 5.82 Å². The summed E-state index contributed by atoms with van der Waals surface area (Å²) in [5.74, 6) is 0.619. The number of pyridine rings is 1. The summed E-state index contributed by atoms with van der Waals surface area (Å²) in [6.07, 6.45) is 2.24. The highest BCUT2D eigenvalue weighted by Crippen LogP contribution is 2.13. The van der Waals surface area contributed by atoms with Gasteiger partial charge < -0.3 is 5.32 Å². The topological polar surface area (TPSA) is 42.0 Å². The normalized spacial score (nSPS) is 9.77. The quantitative estimate of drug-likeness (QED) is 0.849. The molecule has 70 valence electrons. The van der Waals surface area contributed by atoms with Crippen molar-refractivity contribution in [3.05, 3.63) is 21.4 Å². The standard InChI is InChI=1S/C9H11IN2O/c1-3-9(13)12-8-4-7(10)6(2)5-11-8/h4-5H,3H2,1-2H3,(H,11,12,13). The fourth-order valence-corrected chi connectivity index (χ4v) is 1.23. The van der Waals surface area contributed by atoms with Crippen molar-refractivity contribution in [1.82, 2.24) is 4.98 Å². The Bertz CT molecular complexity index is 325. The van der Waals surface area contributed by atoms with Gasteiger partial charge in [0.15, 0.2) is 0 Å². The number of nitrogens with zero attached hydrogens (tertiary/aromatic N) is 1. The smallest absolute Gasteiger partial charge is 0.225 e. The summed E-state index contributed by atoms with van der Waals surface area (Å²) >= 11 is 2.22. The Morgan fingerprint density at radius 1 is 1.69 bits per heavy atom. The van der Waals surface area contributed by atoms with Crippen LogP contribution in [0.25, 0.3) is 0 Å². The van der Waals surface area contributed by atoms with Crippen LogP contribution in [0.3, 0.4) is 0 Å². The molecule has 13 heavy (non-hydrogen) atoms. The molecule has 1 heterocycles. The minimum absolute atomic E-state index is 0.00727. The molecule has 1 rings (SSSR count). The van der Waals surface area contributed by atoms with Crippen LogP contribution in [-0.4, -0.2) is 10.9 Å². The third-order valence-corrected chi connectivity index (χ3v) is 2.79. The monoisotopic (exact) mass is 290 g/mol. The van der Waals surface area contributed by atoms with Gasteiger partial charge in [0, 0.05) is 16.2 Å². The molecule has 0 atom stereocenters. The van der Waals surface area contributed by atoms with Crippen molar-refractivity contribution in [2.24, 2.45) is 0 Å². The number of halogens is 1. The fraction of sp³-hybridized carbons (Fsp3) is 0.333. The summed E-state index contributed by atoms with van der Waals surface area (Å²) in [4.78, 5) is 15.1. The van der Waals surface area contributed by atoms with Crippen molar-refractivity contribution in [3.8, 4) is 0 Å². The number of nitrogens with one attached hydrogen (secondary N) is 1. The van der Waals surface area contributed by atoms with E-state index >= 15 is 0 Å². The number of carbonyl (C=O) groups is 1. The van der Waals surface area contributed by atoms with Gasteiger partial charge in [-0.15, -0.1) is 0 Å². The van der Waals surface area contributed by atoms with E-state index in [1.807, 2.05) is 19.9 Å². The summed E-state index contributed by atoms with van der Waals surface area (Å²) in [6, 6.07) is 1.86. The molecule has 0 aliphatic heterocycles. The average molecular weight is 290 g/mol. The molecule has 0 aliphatic carbocycles. The highest BCUT2D eigenvalue weighted by molar-refractivity contribution is 14.1. The van der Waals surface area contributed by atoms with E-state index in [-0.39, 0.29) is 5.91 Å². The first-order chi connectivity index (χ1) is 6.13. The molecule has 4 heteroatoms. The number of amides is 1. The molecule has 1 N–H and O–H groups in total. The maximum Gasteiger partial charge on any atom is 0.225 e. The molecule has 1 amide bonds. The van der Waals surface area contributed by atoms with Crippen LogP contribution in [-0.2, 0) is 4.79 Å². The number of aromatic nitrogens is 1. The Morgan fingerprint density at radius 3 is 2.92 bits per heavy atom. The Morgan fingerprint density at radius 2 is 2.38 bits per heavy atom. The lowest BCUT2D eigenvalue weighted by molar-refractivity contribution is -0.115. The van der Waals surface area contributed by atoms with Crippen LogP contribution in [0.2, 0.25) is 0 Å². The van der Waals surface area contributed by atoms with Crippen molar-refractivity contribution in [2.75, 3.05) is 5.32 Å². The molecule has 0 saturated carbocycles. The average Bonchev–Trinajstić information content (AvgIpc) is 2.11. The van der Waals surface area contributed by atoms with Gasteiger partial charge >= 0.3 is 0 Å². The molecule has 0 radical (unpaired) electrons. The molecule has 0 spiro atoms. The van der Waals surface area contributed by atoms with E-state index in [0.717, 1.165) is 9.13 Å². The number of hydrogen-bond acceptors (Lipinski definition) is 2. The molecule has 0 aromatic carbocycles. The highest BCUT2D eigenvalue weighted by Gasteiger charge is 2.01. The van der Waals surface area contributed by atoms with Crippen LogP contribution in [0.4, 0.5) is 5.82 Å². The first-order valence-electron chi connectivity index (χ1n) is 4.05. The van der Waals surface area contributed by atoms with Gasteiger partial charge in [0.05, 0.1) is 0 Å². The minimum Gasteiger partial charge on any atom is -0.311 e. The maximum absolute atomic E-state index is 11.0. The third-order valence-electron chi connectivity index (χ3n) is 1.63. The lowest BCUT2D eigenvalue weighted by Crippen LogP contribution is -2.10. The Kier molecular flexibility index (Phi) is 3.65. The summed E-state index contributed by atoms with van der Waals surface area (Å²) in [6.45, 7) is 3.80. The van der Waals surface area contributed by atoms with Crippen LogP contribution in [0.1, 0.15) is 18.9 Å². The Labute approximate surface area is 91.1 Å². The molecule has 0 aliphatic rings. The van der Waals surface area contributed by atoms with Crippen molar-refractivity contribution >= 4 is 34.3 Å². The van der Waals surface area contributed by atoms with Crippen LogP contribution in [0, 0.1) is 10.5 Å². The Hall–Kier alpha value is -0.650. The zero-order chi connectivity index (χ0) is 9.84. The summed E-state index contributed by atoms with van der Waals surface area (Å²) in [5.41, 5.74) is 1.12. The Balaban J connectivity index is 2.79. The van der Waals surface area contributed by atoms with Crippen molar-refractivity contribution in [1.29, 1.82) is 0 Å². The van der Waals surface area contributed by atoms with E-state index in [1.165, 1.54) is 0 Å². The second-order valence-corrected chi connectivity index (χ2v) is 3.88. The molecular weight excluding hydrogens is 279 g/mol. The molecule has 0 saturated heterocycles. The van der Waals surface area contributed by atoms with E-state index in [4.69, 9.17) is 0 Å². The van der Waals surface area contributed by atoms with E-state index in [1.54, 1.807) is 6.20 Å².